The maximum atomic E-state index is 11.2. The molecule has 2 unspecified atom stereocenters. The lowest BCUT2D eigenvalue weighted by molar-refractivity contribution is -0.155. The van der Waals surface area contributed by atoms with E-state index in [0.717, 1.165) is 25.7 Å². The minimum absolute atomic E-state index is 0.296. The van der Waals surface area contributed by atoms with Crippen LogP contribution in [0.15, 0.2) is 0 Å². The monoisotopic (exact) mass is 186 g/mol. The lowest BCUT2D eigenvalue weighted by Gasteiger charge is -2.29. The van der Waals surface area contributed by atoms with Crippen LogP contribution < -0.4 is 0 Å². The van der Waals surface area contributed by atoms with Crippen LogP contribution in [0.2, 0.25) is 0 Å². The van der Waals surface area contributed by atoms with Crippen molar-refractivity contribution in [2.75, 3.05) is 13.7 Å². The maximum Gasteiger partial charge on any atom is 0.312 e. The zero-order valence-electron chi connectivity index (χ0n) is 8.38. The van der Waals surface area contributed by atoms with Crippen LogP contribution in [0.1, 0.15) is 32.6 Å². The number of carboxylic acid groups (broad SMARTS) is 1. The van der Waals surface area contributed by atoms with E-state index in [9.17, 15) is 9.90 Å². The van der Waals surface area contributed by atoms with Crippen molar-refractivity contribution in [1.82, 2.24) is 0 Å². The highest BCUT2D eigenvalue weighted by atomic mass is 16.5. The molecule has 1 aliphatic carbocycles. The normalized spacial score (nSPS) is 33.5. The van der Waals surface area contributed by atoms with Gasteiger partial charge in [-0.3, -0.25) is 4.79 Å². The van der Waals surface area contributed by atoms with Crippen LogP contribution in [-0.4, -0.2) is 24.8 Å². The van der Waals surface area contributed by atoms with E-state index in [1.165, 1.54) is 0 Å². The van der Waals surface area contributed by atoms with Crippen molar-refractivity contribution in [2.45, 2.75) is 32.6 Å². The van der Waals surface area contributed by atoms with Gasteiger partial charge in [0.2, 0.25) is 0 Å². The minimum Gasteiger partial charge on any atom is -0.481 e. The molecule has 1 aliphatic rings. The van der Waals surface area contributed by atoms with Crippen molar-refractivity contribution in [3.8, 4) is 0 Å². The smallest absolute Gasteiger partial charge is 0.312 e. The Morgan fingerprint density at radius 2 is 2.38 bits per heavy atom. The quantitative estimate of drug-likeness (QED) is 0.729. The highest BCUT2D eigenvalue weighted by Crippen LogP contribution is 2.45. The van der Waals surface area contributed by atoms with Crippen LogP contribution in [0.4, 0.5) is 0 Å². The molecule has 0 saturated heterocycles. The van der Waals surface area contributed by atoms with Gasteiger partial charge in [0.05, 0.1) is 12.0 Å². The molecule has 1 fully saturated rings. The van der Waals surface area contributed by atoms with Gasteiger partial charge in [0.25, 0.3) is 0 Å². The zero-order valence-corrected chi connectivity index (χ0v) is 8.38. The molecule has 1 rings (SSSR count). The highest BCUT2D eigenvalue weighted by Gasteiger charge is 2.48. The molecule has 0 aromatic rings. The minimum atomic E-state index is -0.682. The Morgan fingerprint density at radius 3 is 2.85 bits per heavy atom. The van der Waals surface area contributed by atoms with Crippen molar-refractivity contribution in [3.63, 3.8) is 0 Å². The molecular formula is C10H18O3. The van der Waals surface area contributed by atoms with Crippen molar-refractivity contribution in [2.24, 2.45) is 11.3 Å². The topological polar surface area (TPSA) is 46.5 Å². The first kappa shape index (κ1) is 10.5. The molecule has 2 atom stereocenters. The lowest BCUT2D eigenvalue weighted by atomic mass is 9.77. The Labute approximate surface area is 79.1 Å². The molecule has 0 amide bonds. The van der Waals surface area contributed by atoms with Gasteiger partial charge in [-0.15, -0.1) is 0 Å². The van der Waals surface area contributed by atoms with Gasteiger partial charge in [0, 0.05) is 7.11 Å². The first-order valence-electron chi connectivity index (χ1n) is 4.89. The Hall–Kier alpha value is -0.570. The Kier molecular flexibility index (Phi) is 3.31. The molecule has 1 saturated carbocycles. The fourth-order valence-electron chi connectivity index (χ4n) is 2.53. The maximum absolute atomic E-state index is 11.2. The van der Waals surface area contributed by atoms with Gasteiger partial charge in [0.15, 0.2) is 0 Å². The van der Waals surface area contributed by atoms with Gasteiger partial charge in [-0.05, 0) is 18.8 Å². The molecule has 13 heavy (non-hydrogen) atoms. The van der Waals surface area contributed by atoms with E-state index in [1.54, 1.807) is 7.11 Å². The standard InChI is InChI=1S/C10H18O3/c1-3-8-5-4-6-10(8,7-13-2)9(11)12/h8H,3-7H2,1-2H3,(H,11,12). The molecule has 0 radical (unpaired) electrons. The second-order valence-electron chi connectivity index (χ2n) is 3.89. The van der Waals surface area contributed by atoms with Gasteiger partial charge >= 0.3 is 5.97 Å². The summed E-state index contributed by atoms with van der Waals surface area (Å²) in [5, 5.41) is 9.22. The summed E-state index contributed by atoms with van der Waals surface area (Å²) in [6.45, 7) is 2.42. The Balaban J connectivity index is 2.81. The Morgan fingerprint density at radius 1 is 1.69 bits per heavy atom. The van der Waals surface area contributed by atoms with E-state index in [0.29, 0.717) is 12.5 Å². The van der Waals surface area contributed by atoms with Crippen molar-refractivity contribution in [1.29, 1.82) is 0 Å². The summed E-state index contributed by atoms with van der Waals surface area (Å²) in [5.41, 5.74) is -0.594. The summed E-state index contributed by atoms with van der Waals surface area (Å²) in [5.74, 6) is -0.386. The molecule has 0 aromatic heterocycles. The average molecular weight is 186 g/mol. The van der Waals surface area contributed by atoms with Crippen LogP contribution in [0.5, 0.6) is 0 Å². The summed E-state index contributed by atoms with van der Waals surface area (Å²) in [6, 6.07) is 0. The third kappa shape index (κ3) is 1.70. The van der Waals surface area contributed by atoms with E-state index < -0.39 is 11.4 Å². The van der Waals surface area contributed by atoms with E-state index in [-0.39, 0.29) is 0 Å². The number of hydrogen-bond acceptors (Lipinski definition) is 2. The van der Waals surface area contributed by atoms with Gasteiger partial charge in [-0.25, -0.2) is 0 Å². The van der Waals surface area contributed by atoms with Crippen LogP contribution in [0.25, 0.3) is 0 Å². The predicted octanol–water partition coefficient (Wildman–Crippen LogP) is 1.91. The van der Waals surface area contributed by atoms with E-state index in [4.69, 9.17) is 4.74 Å². The third-order valence-electron chi connectivity index (χ3n) is 3.28. The summed E-state index contributed by atoms with van der Waals surface area (Å²) in [7, 11) is 1.58. The van der Waals surface area contributed by atoms with Crippen molar-refractivity contribution >= 4 is 5.97 Å². The van der Waals surface area contributed by atoms with Crippen molar-refractivity contribution < 1.29 is 14.6 Å². The van der Waals surface area contributed by atoms with Crippen LogP contribution in [0.3, 0.4) is 0 Å². The summed E-state index contributed by atoms with van der Waals surface area (Å²) in [6.07, 6.45) is 3.77. The molecule has 3 heteroatoms. The first-order valence-corrected chi connectivity index (χ1v) is 4.89. The SMILES string of the molecule is CCC1CCCC1(COC)C(=O)O. The number of carboxylic acids is 1. The van der Waals surface area contributed by atoms with Crippen LogP contribution in [0, 0.1) is 11.3 Å². The van der Waals surface area contributed by atoms with E-state index in [2.05, 4.69) is 6.92 Å². The summed E-state index contributed by atoms with van der Waals surface area (Å²) >= 11 is 0. The molecule has 0 heterocycles. The predicted molar refractivity (Wildman–Crippen MR) is 49.6 cm³/mol. The fourth-order valence-corrected chi connectivity index (χ4v) is 2.53. The lowest BCUT2D eigenvalue weighted by Crippen LogP contribution is -2.38. The second kappa shape index (κ2) is 4.09. The first-order chi connectivity index (χ1) is 6.17. The number of aliphatic carboxylic acids is 1. The van der Waals surface area contributed by atoms with Crippen molar-refractivity contribution in [3.05, 3.63) is 0 Å². The molecule has 1 N–H and O–H groups in total. The van der Waals surface area contributed by atoms with E-state index in [1.807, 2.05) is 0 Å². The number of hydrogen-bond donors (Lipinski definition) is 1. The number of rotatable bonds is 4. The van der Waals surface area contributed by atoms with Gasteiger partial charge in [-0.1, -0.05) is 19.8 Å². The molecule has 0 spiro atoms. The largest absolute Gasteiger partial charge is 0.481 e. The highest BCUT2D eigenvalue weighted by molar-refractivity contribution is 5.75. The summed E-state index contributed by atoms with van der Waals surface area (Å²) in [4.78, 5) is 11.2. The van der Waals surface area contributed by atoms with Gasteiger partial charge < -0.3 is 9.84 Å². The second-order valence-corrected chi connectivity index (χ2v) is 3.89. The molecular weight excluding hydrogens is 168 g/mol. The third-order valence-corrected chi connectivity index (χ3v) is 3.28. The number of methoxy groups -OCH3 is 1. The van der Waals surface area contributed by atoms with Gasteiger partial charge in [0.1, 0.15) is 0 Å². The summed E-state index contributed by atoms with van der Waals surface area (Å²) < 4.78 is 5.04. The number of ether oxygens (including phenoxy) is 1. The average Bonchev–Trinajstić information content (AvgIpc) is 2.49. The molecule has 76 valence electrons. The molecule has 0 bridgehead atoms. The zero-order chi connectivity index (χ0) is 9.90. The Bertz CT molecular complexity index is 191. The number of carbonyl (C=O) groups is 1. The van der Waals surface area contributed by atoms with Crippen LogP contribution in [-0.2, 0) is 9.53 Å². The van der Waals surface area contributed by atoms with E-state index >= 15 is 0 Å². The molecule has 0 aliphatic heterocycles. The molecule has 3 nitrogen and oxygen atoms in total. The van der Waals surface area contributed by atoms with Crippen LogP contribution >= 0.6 is 0 Å². The fraction of sp³-hybridized carbons (Fsp3) is 0.900. The molecule has 0 aromatic carbocycles. The van der Waals surface area contributed by atoms with Gasteiger partial charge in [-0.2, -0.15) is 0 Å².